The summed E-state index contributed by atoms with van der Waals surface area (Å²) >= 11 is 0. The Kier molecular flexibility index (Phi) is 10.6. The summed E-state index contributed by atoms with van der Waals surface area (Å²) in [5.74, 6) is 0. The molecule has 0 aliphatic carbocycles. The predicted molar refractivity (Wildman–Crippen MR) is 87.8 cm³/mol. The molecule has 0 aromatic carbocycles. The molecule has 0 saturated heterocycles. The van der Waals surface area contributed by atoms with Crippen molar-refractivity contribution >= 4 is 0 Å². The Labute approximate surface area is 127 Å². The van der Waals surface area contributed by atoms with Crippen LogP contribution in [0.5, 0.6) is 0 Å². The molecule has 0 aliphatic heterocycles. The topological polar surface area (TPSA) is 18.5 Å². The quantitative estimate of drug-likeness (QED) is 0.220. The fourth-order valence-corrected chi connectivity index (χ4v) is 2.26. The maximum atomic E-state index is 5.73. The van der Waals surface area contributed by atoms with Crippen molar-refractivity contribution in [3.63, 3.8) is 0 Å². The molecular weight excluding hydrogens is 248 g/mol. The van der Waals surface area contributed by atoms with Crippen molar-refractivity contribution in [1.29, 1.82) is 0 Å². The summed E-state index contributed by atoms with van der Waals surface area (Å²) in [6, 6.07) is 0. The van der Waals surface area contributed by atoms with Crippen molar-refractivity contribution in [2.75, 3.05) is 0 Å². The highest BCUT2D eigenvalue weighted by Crippen LogP contribution is 2.25. The molecule has 0 unspecified atom stereocenters. The van der Waals surface area contributed by atoms with E-state index in [1.54, 1.807) is 0 Å². The van der Waals surface area contributed by atoms with Crippen molar-refractivity contribution in [3.05, 3.63) is 0 Å². The zero-order valence-electron chi connectivity index (χ0n) is 14.9. The van der Waals surface area contributed by atoms with Crippen LogP contribution in [0.2, 0.25) is 0 Å². The highest BCUT2D eigenvalue weighted by molar-refractivity contribution is 4.70. The molecule has 2 nitrogen and oxygen atoms in total. The van der Waals surface area contributed by atoms with E-state index in [1.165, 1.54) is 51.4 Å². The number of hydrogen-bond donors (Lipinski definition) is 0. The van der Waals surface area contributed by atoms with Crippen LogP contribution in [0.3, 0.4) is 0 Å². The zero-order chi connectivity index (χ0) is 15.5. The SMILES string of the molecule is CCCCCCC(C)(C)OOC(C)(C)CCCCCC. The van der Waals surface area contributed by atoms with E-state index in [2.05, 4.69) is 41.5 Å². The number of hydrogen-bond acceptors (Lipinski definition) is 2. The lowest BCUT2D eigenvalue weighted by molar-refractivity contribution is -0.403. The van der Waals surface area contributed by atoms with Crippen LogP contribution in [0.15, 0.2) is 0 Å². The second-order valence-electron chi connectivity index (χ2n) is 7.31. The van der Waals surface area contributed by atoms with Gasteiger partial charge in [-0.25, -0.2) is 9.78 Å². The number of rotatable bonds is 13. The van der Waals surface area contributed by atoms with Crippen molar-refractivity contribution in [2.45, 2.75) is 117 Å². The van der Waals surface area contributed by atoms with Crippen LogP contribution in [0.25, 0.3) is 0 Å². The predicted octanol–water partition coefficient (Wildman–Crippen LogP) is 6.43. The van der Waals surface area contributed by atoms with Crippen LogP contribution >= 0.6 is 0 Å². The Hall–Kier alpha value is -0.0800. The highest BCUT2D eigenvalue weighted by Gasteiger charge is 2.26. The Balaban J connectivity index is 3.84. The van der Waals surface area contributed by atoms with Gasteiger partial charge in [0.05, 0.1) is 11.2 Å². The molecule has 0 amide bonds. The van der Waals surface area contributed by atoms with Gasteiger partial charge >= 0.3 is 0 Å². The third-order valence-electron chi connectivity index (χ3n) is 3.76. The van der Waals surface area contributed by atoms with Gasteiger partial charge < -0.3 is 0 Å². The molecule has 0 aromatic rings. The molecule has 0 N–H and O–H groups in total. The molecule has 122 valence electrons. The monoisotopic (exact) mass is 286 g/mol. The molecule has 0 radical (unpaired) electrons. The molecule has 0 spiro atoms. The fraction of sp³-hybridized carbons (Fsp3) is 1.00. The molecule has 0 aromatic heterocycles. The maximum Gasteiger partial charge on any atom is 0.0980 e. The van der Waals surface area contributed by atoms with Crippen molar-refractivity contribution < 1.29 is 9.78 Å². The lowest BCUT2D eigenvalue weighted by Crippen LogP contribution is -2.32. The van der Waals surface area contributed by atoms with E-state index in [9.17, 15) is 0 Å². The summed E-state index contributed by atoms with van der Waals surface area (Å²) in [4.78, 5) is 11.5. The summed E-state index contributed by atoms with van der Waals surface area (Å²) in [6.07, 6.45) is 12.4. The molecule has 0 saturated carbocycles. The molecule has 2 heteroatoms. The summed E-state index contributed by atoms with van der Waals surface area (Å²) in [7, 11) is 0. The average molecular weight is 286 g/mol. The van der Waals surface area contributed by atoms with Crippen LogP contribution in [-0.4, -0.2) is 11.2 Å². The van der Waals surface area contributed by atoms with E-state index in [0.717, 1.165) is 12.8 Å². The van der Waals surface area contributed by atoms with Gasteiger partial charge in [0, 0.05) is 0 Å². The second-order valence-corrected chi connectivity index (χ2v) is 7.31. The zero-order valence-corrected chi connectivity index (χ0v) is 14.9. The van der Waals surface area contributed by atoms with E-state index in [4.69, 9.17) is 9.78 Å². The van der Waals surface area contributed by atoms with Gasteiger partial charge in [0.2, 0.25) is 0 Å². The lowest BCUT2D eigenvalue weighted by Gasteiger charge is -2.30. The van der Waals surface area contributed by atoms with Gasteiger partial charge in [-0.05, 0) is 40.5 Å². The smallest absolute Gasteiger partial charge is 0.0980 e. The lowest BCUT2D eigenvalue weighted by atomic mass is 9.99. The first kappa shape index (κ1) is 19.9. The summed E-state index contributed by atoms with van der Waals surface area (Å²) in [6.45, 7) is 13.0. The van der Waals surface area contributed by atoms with Crippen LogP contribution in [0.4, 0.5) is 0 Å². The molecule has 0 aliphatic rings. The van der Waals surface area contributed by atoms with E-state index in [-0.39, 0.29) is 11.2 Å². The first-order chi connectivity index (χ1) is 9.33. The minimum Gasteiger partial charge on any atom is -0.230 e. The molecule has 0 heterocycles. The molecule has 0 atom stereocenters. The summed E-state index contributed by atoms with van der Waals surface area (Å²) in [5.41, 5.74) is -0.344. The minimum absolute atomic E-state index is 0.172. The molecule has 0 bridgehead atoms. The van der Waals surface area contributed by atoms with E-state index >= 15 is 0 Å². The standard InChI is InChI=1S/C18H38O2/c1-7-9-11-13-15-17(3,4)19-20-18(5,6)16-14-12-10-8-2/h7-16H2,1-6H3. The third kappa shape index (κ3) is 11.7. The van der Waals surface area contributed by atoms with Crippen LogP contribution in [-0.2, 0) is 9.78 Å². The van der Waals surface area contributed by atoms with Gasteiger partial charge in [-0.15, -0.1) is 0 Å². The Morgan fingerprint density at radius 3 is 1.20 bits per heavy atom. The first-order valence-electron chi connectivity index (χ1n) is 8.70. The van der Waals surface area contributed by atoms with Gasteiger partial charge in [0.15, 0.2) is 0 Å². The molecule has 0 fully saturated rings. The minimum atomic E-state index is -0.172. The largest absolute Gasteiger partial charge is 0.230 e. The van der Waals surface area contributed by atoms with Crippen molar-refractivity contribution in [3.8, 4) is 0 Å². The fourth-order valence-electron chi connectivity index (χ4n) is 2.26. The highest BCUT2D eigenvalue weighted by atomic mass is 17.2. The summed E-state index contributed by atoms with van der Waals surface area (Å²) in [5, 5.41) is 0. The van der Waals surface area contributed by atoms with E-state index in [0.29, 0.717) is 0 Å². The van der Waals surface area contributed by atoms with Gasteiger partial charge in [0.25, 0.3) is 0 Å². The van der Waals surface area contributed by atoms with Gasteiger partial charge in [0.1, 0.15) is 0 Å². The van der Waals surface area contributed by atoms with Gasteiger partial charge in [-0.2, -0.15) is 0 Å². The van der Waals surface area contributed by atoms with Crippen LogP contribution in [0, 0.1) is 0 Å². The third-order valence-corrected chi connectivity index (χ3v) is 3.76. The molecule has 0 rings (SSSR count). The normalized spacial score (nSPS) is 12.9. The van der Waals surface area contributed by atoms with Crippen molar-refractivity contribution in [1.82, 2.24) is 0 Å². The Morgan fingerprint density at radius 1 is 0.550 bits per heavy atom. The van der Waals surface area contributed by atoms with Crippen LogP contribution < -0.4 is 0 Å². The first-order valence-corrected chi connectivity index (χ1v) is 8.70. The molecule has 20 heavy (non-hydrogen) atoms. The van der Waals surface area contributed by atoms with Gasteiger partial charge in [-0.1, -0.05) is 65.2 Å². The van der Waals surface area contributed by atoms with Crippen LogP contribution in [0.1, 0.15) is 106 Å². The molecular formula is C18H38O2. The average Bonchev–Trinajstić information content (AvgIpc) is 2.38. The second kappa shape index (κ2) is 10.6. The van der Waals surface area contributed by atoms with Crippen molar-refractivity contribution in [2.24, 2.45) is 0 Å². The van der Waals surface area contributed by atoms with Gasteiger partial charge in [-0.3, -0.25) is 0 Å². The van der Waals surface area contributed by atoms with E-state index < -0.39 is 0 Å². The Morgan fingerprint density at radius 2 is 0.900 bits per heavy atom. The van der Waals surface area contributed by atoms with E-state index in [1.807, 2.05) is 0 Å². The number of unbranched alkanes of at least 4 members (excludes halogenated alkanes) is 6. The summed E-state index contributed by atoms with van der Waals surface area (Å²) < 4.78 is 0. The maximum absolute atomic E-state index is 5.73. The Bertz CT molecular complexity index is 197.